The van der Waals surface area contributed by atoms with Crippen LogP contribution in [-0.4, -0.2) is 47.1 Å². The van der Waals surface area contributed by atoms with Gasteiger partial charge in [-0.15, -0.1) is 13.2 Å². The maximum absolute atomic E-state index is 12.0. The van der Waals surface area contributed by atoms with Crippen LogP contribution in [0.15, 0.2) is 25.3 Å². The van der Waals surface area contributed by atoms with E-state index < -0.39 is 11.5 Å². The minimum absolute atomic E-state index is 0.00431. The molecule has 108 valence electrons. The Bertz CT molecular complexity index is 326. The Hall–Kier alpha value is -1.62. The average Bonchev–Trinajstić information content (AvgIpc) is 2.39. The van der Waals surface area contributed by atoms with Crippen molar-refractivity contribution in [1.29, 1.82) is 0 Å². The summed E-state index contributed by atoms with van der Waals surface area (Å²) in [5.41, 5.74) is -1.04. The molecule has 0 aromatic carbocycles. The summed E-state index contributed by atoms with van der Waals surface area (Å²) in [6.07, 6.45) is 4.11. The quantitative estimate of drug-likeness (QED) is 0.588. The number of hydrogen-bond acceptors (Lipinski definition) is 3. The number of carbonyl (C=O) groups excluding carboxylic acids is 1. The van der Waals surface area contributed by atoms with E-state index in [4.69, 9.17) is 0 Å². The molecule has 2 N–H and O–H groups in total. The fourth-order valence-electron chi connectivity index (χ4n) is 1.82. The van der Waals surface area contributed by atoms with Crippen molar-refractivity contribution in [3.63, 3.8) is 0 Å². The second-order valence-corrected chi connectivity index (χ2v) is 4.32. The van der Waals surface area contributed by atoms with Crippen LogP contribution in [-0.2, 0) is 9.59 Å². The first kappa shape index (κ1) is 17.4. The van der Waals surface area contributed by atoms with Gasteiger partial charge in [0.2, 0.25) is 5.91 Å². The molecule has 0 rings (SSSR count). The standard InChI is InChI=1S/C14H24N2O3/c1-5-9-16(10-6-2)12(17)11-15-14(7-3,8-4)13(18)19/h5-6,15H,1-2,7-11H2,3-4H3,(H,18,19). The van der Waals surface area contributed by atoms with Gasteiger partial charge in [0.05, 0.1) is 6.54 Å². The van der Waals surface area contributed by atoms with Crippen molar-refractivity contribution in [3.05, 3.63) is 25.3 Å². The van der Waals surface area contributed by atoms with Crippen molar-refractivity contribution in [2.45, 2.75) is 32.2 Å². The van der Waals surface area contributed by atoms with Crippen LogP contribution >= 0.6 is 0 Å². The van der Waals surface area contributed by atoms with E-state index in [9.17, 15) is 14.7 Å². The smallest absolute Gasteiger partial charge is 0.323 e. The lowest BCUT2D eigenvalue weighted by molar-refractivity contribution is -0.145. The third-order valence-electron chi connectivity index (χ3n) is 3.25. The predicted octanol–water partition coefficient (Wildman–Crippen LogP) is 1.42. The highest BCUT2D eigenvalue weighted by atomic mass is 16.4. The van der Waals surface area contributed by atoms with Gasteiger partial charge in [-0.2, -0.15) is 0 Å². The van der Waals surface area contributed by atoms with Crippen molar-refractivity contribution in [1.82, 2.24) is 10.2 Å². The maximum atomic E-state index is 12.0. The number of hydrogen-bond donors (Lipinski definition) is 2. The van der Waals surface area contributed by atoms with Gasteiger partial charge in [0, 0.05) is 13.1 Å². The molecule has 0 aliphatic heterocycles. The molecular formula is C14H24N2O3. The van der Waals surface area contributed by atoms with E-state index >= 15 is 0 Å². The maximum Gasteiger partial charge on any atom is 0.323 e. The Morgan fingerprint density at radius 2 is 1.68 bits per heavy atom. The van der Waals surface area contributed by atoms with E-state index in [-0.39, 0.29) is 12.5 Å². The molecular weight excluding hydrogens is 244 g/mol. The second-order valence-electron chi connectivity index (χ2n) is 4.32. The number of rotatable bonds is 10. The van der Waals surface area contributed by atoms with Gasteiger partial charge in [-0.1, -0.05) is 26.0 Å². The monoisotopic (exact) mass is 268 g/mol. The Kier molecular flexibility index (Phi) is 7.75. The lowest BCUT2D eigenvalue weighted by Gasteiger charge is -2.29. The molecule has 0 aliphatic carbocycles. The number of carboxylic acid groups (broad SMARTS) is 1. The molecule has 0 bridgehead atoms. The highest BCUT2D eigenvalue weighted by Crippen LogP contribution is 2.15. The van der Waals surface area contributed by atoms with Crippen LogP contribution in [0.1, 0.15) is 26.7 Å². The number of carbonyl (C=O) groups is 2. The fourth-order valence-corrected chi connectivity index (χ4v) is 1.82. The first-order chi connectivity index (χ1) is 8.97. The van der Waals surface area contributed by atoms with Gasteiger partial charge >= 0.3 is 5.97 Å². The first-order valence-corrected chi connectivity index (χ1v) is 6.45. The first-order valence-electron chi connectivity index (χ1n) is 6.45. The SMILES string of the molecule is C=CCN(CC=C)C(=O)CNC(CC)(CC)C(=O)O. The number of aliphatic carboxylic acids is 1. The van der Waals surface area contributed by atoms with Crippen LogP contribution in [0.4, 0.5) is 0 Å². The van der Waals surface area contributed by atoms with Crippen molar-refractivity contribution >= 4 is 11.9 Å². The number of nitrogens with zero attached hydrogens (tertiary/aromatic N) is 1. The Balaban J connectivity index is 4.66. The van der Waals surface area contributed by atoms with Gasteiger partial charge in [0.15, 0.2) is 0 Å². The van der Waals surface area contributed by atoms with Crippen molar-refractivity contribution in [2.75, 3.05) is 19.6 Å². The molecule has 1 amide bonds. The van der Waals surface area contributed by atoms with E-state index in [1.165, 1.54) is 0 Å². The summed E-state index contributed by atoms with van der Waals surface area (Å²) >= 11 is 0. The van der Waals surface area contributed by atoms with E-state index in [2.05, 4.69) is 18.5 Å². The summed E-state index contributed by atoms with van der Waals surface area (Å²) in [7, 11) is 0. The van der Waals surface area contributed by atoms with Crippen molar-refractivity contribution in [3.8, 4) is 0 Å². The van der Waals surface area contributed by atoms with Crippen LogP contribution in [0.2, 0.25) is 0 Å². The summed E-state index contributed by atoms with van der Waals surface area (Å²) in [6.45, 7) is 11.6. The van der Waals surface area contributed by atoms with E-state index in [0.717, 1.165) is 0 Å². The predicted molar refractivity (Wildman–Crippen MR) is 75.9 cm³/mol. The van der Waals surface area contributed by atoms with Crippen LogP contribution in [0.25, 0.3) is 0 Å². The lowest BCUT2D eigenvalue weighted by atomic mass is 9.93. The van der Waals surface area contributed by atoms with Gasteiger partial charge < -0.3 is 10.0 Å². The van der Waals surface area contributed by atoms with E-state index in [0.29, 0.717) is 25.9 Å². The molecule has 0 aliphatic rings. The third kappa shape index (κ3) is 4.87. The molecule has 0 aromatic heterocycles. The molecule has 5 nitrogen and oxygen atoms in total. The zero-order chi connectivity index (χ0) is 14.9. The number of amides is 1. The molecule has 0 spiro atoms. The van der Waals surface area contributed by atoms with Crippen LogP contribution in [0, 0.1) is 0 Å². The molecule has 0 saturated heterocycles. The van der Waals surface area contributed by atoms with Crippen LogP contribution < -0.4 is 5.32 Å². The van der Waals surface area contributed by atoms with Gasteiger partial charge in [0.1, 0.15) is 5.54 Å². The van der Waals surface area contributed by atoms with E-state index in [1.54, 1.807) is 30.9 Å². The lowest BCUT2D eigenvalue weighted by Crippen LogP contribution is -2.54. The summed E-state index contributed by atoms with van der Waals surface area (Å²) in [4.78, 5) is 24.9. The molecule has 0 saturated carbocycles. The average molecular weight is 268 g/mol. The topological polar surface area (TPSA) is 69.6 Å². The number of carboxylic acids is 1. The largest absolute Gasteiger partial charge is 0.480 e. The van der Waals surface area contributed by atoms with E-state index in [1.807, 2.05) is 0 Å². The third-order valence-corrected chi connectivity index (χ3v) is 3.25. The minimum Gasteiger partial charge on any atom is -0.480 e. The molecule has 19 heavy (non-hydrogen) atoms. The van der Waals surface area contributed by atoms with Gasteiger partial charge in [-0.25, -0.2) is 0 Å². The van der Waals surface area contributed by atoms with Gasteiger partial charge in [-0.05, 0) is 12.8 Å². The highest BCUT2D eigenvalue weighted by molar-refractivity contribution is 5.82. The summed E-state index contributed by atoms with van der Waals surface area (Å²) in [5.74, 6) is -1.09. The minimum atomic E-state index is -1.04. The Labute approximate surface area is 115 Å². The molecule has 5 heteroatoms. The second kappa shape index (κ2) is 8.48. The number of nitrogens with one attached hydrogen (secondary N) is 1. The summed E-state index contributed by atoms with van der Waals surface area (Å²) in [5, 5.41) is 12.1. The molecule has 0 unspecified atom stereocenters. The normalized spacial score (nSPS) is 10.8. The van der Waals surface area contributed by atoms with Crippen LogP contribution in [0.5, 0.6) is 0 Å². The molecule has 0 heterocycles. The highest BCUT2D eigenvalue weighted by Gasteiger charge is 2.34. The van der Waals surface area contributed by atoms with Crippen LogP contribution in [0.3, 0.4) is 0 Å². The molecule has 0 atom stereocenters. The summed E-state index contributed by atoms with van der Waals surface area (Å²) in [6, 6.07) is 0. The molecule has 0 fully saturated rings. The Morgan fingerprint density at radius 1 is 1.21 bits per heavy atom. The molecule has 0 aromatic rings. The van der Waals surface area contributed by atoms with Gasteiger partial charge in [-0.3, -0.25) is 14.9 Å². The van der Waals surface area contributed by atoms with Crippen molar-refractivity contribution in [2.24, 2.45) is 0 Å². The molecule has 0 radical (unpaired) electrons. The Morgan fingerprint density at radius 3 is 2.00 bits per heavy atom. The van der Waals surface area contributed by atoms with Crippen molar-refractivity contribution < 1.29 is 14.7 Å². The zero-order valence-electron chi connectivity index (χ0n) is 11.8. The fraction of sp³-hybridized carbons (Fsp3) is 0.571. The summed E-state index contributed by atoms with van der Waals surface area (Å²) < 4.78 is 0. The zero-order valence-corrected chi connectivity index (χ0v) is 11.8. The van der Waals surface area contributed by atoms with Gasteiger partial charge in [0.25, 0.3) is 0 Å².